The maximum atomic E-state index is 7.34. The average molecular weight is 122 g/mol. The fourth-order valence-corrected chi connectivity index (χ4v) is 0.0604. The Bertz CT molecular complexity index is 78.1. The first kappa shape index (κ1) is 6.88. The number of rotatable bonds is 4. The molecule has 0 radical (unpaired) electrons. The molecule has 0 bridgehead atoms. The van der Waals surface area contributed by atoms with E-state index in [0.29, 0.717) is 0 Å². The van der Waals surface area contributed by atoms with Crippen molar-refractivity contribution in [3.8, 4) is 0 Å². The number of nitrogens with one attached hydrogen (secondary N) is 1. The summed E-state index contributed by atoms with van der Waals surface area (Å²) in [5.41, 5.74) is 5.96. The van der Waals surface area contributed by atoms with Crippen molar-refractivity contribution in [2.45, 2.75) is 0 Å². The lowest BCUT2D eigenvalue weighted by Crippen LogP contribution is -1.83. The zero-order valence-corrected chi connectivity index (χ0v) is 3.51. The average Bonchev–Trinajstić information content (AvgIpc) is 1.81. The molecular weight excluding hydrogens is 120 g/mol. The van der Waals surface area contributed by atoms with E-state index in [1.54, 1.807) is 0 Å². The maximum absolute atomic E-state index is 7.34. The molecule has 8 heteroatoms. The molecule has 8 heavy (non-hydrogen) atoms. The first-order valence-corrected chi connectivity index (χ1v) is 1.32. The largest absolute Gasteiger partial charge is 0.218 e. The van der Waals surface area contributed by atoms with Gasteiger partial charge in [-0.25, -0.2) is 5.26 Å². The molecule has 0 rings (SSSR count). The summed E-state index contributed by atoms with van der Waals surface area (Å²) in [6, 6.07) is 0. The van der Waals surface area contributed by atoms with Gasteiger partial charge in [-0.2, -0.15) is 10.5 Å². The van der Waals surface area contributed by atoms with Gasteiger partial charge in [0.05, 0.1) is 5.28 Å². The van der Waals surface area contributed by atoms with E-state index in [2.05, 4.69) is 30.8 Å². The molecule has 2 N–H and O–H groups in total. The van der Waals surface area contributed by atoms with Crippen molar-refractivity contribution < 1.29 is 20.3 Å². The van der Waals surface area contributed by atoms with Crippen LogP contribution in [0.15, 0.2) is 15.7 Å². The molecule has 0 aliphatic carbocycles. The predicted octanol–water partition coefficient (Wildman–Crippen LogP) is 0.652. The molecule has 0 aromatic carbocycles. The third kappa shape index (κ3) is 4.88. The summed E-state index contributed by atoms with van der Waals surface area (Å²) in [5.74, 6) is 0. The van der Waals surface area contributed by atoms with Gasteiger partial charge in [-0.05, 0) is 10.3 Å². The molecule has 0 fully saturated rings. The van der Waals surface area contributed by atoms with Crippen LogP contribution in [0.2, 0.25) is 0 Å². The van der Waals surface area contributed by atoms with Crippen molar-refractivity contribution in [3.05, 3.63) is 0 Å². The summed E-state index contributed by atoms with van der Waals surface area (Å²) in [7, 11) is 0. The van der Waals surface area contributed by atoms with Crippen molar-refractivity contribution in [3.63, 3.8) is 0 Å². The van der Waals surface area contributed by atoms with Crippen LogP contribution in [0.1, 0.15) is 0 Å². The van der Waals surface area contributed by atoms with Gasteiger partial charge in [0.1, 0.15) is 0 Å². The quantitative estimate of drug-likeness (QED) is 0.247. The maximum Gasteiger partial charge on any atom is 0.0906 e. The summed E-state index contributed by atoms with van der Waals surface area (Å²) in [6.07, 6.45) is 0. The van der Waals surface area contributed by atoms with Crippen molar-refractivity contribution in [1.82, 2.24) is 0 Å². The fraction of sp³-hybridized carbons (Fsp3) is 0. The predicted molar refractivity (Wildman–Crippen MR) is 15.9 cm³/mol. The van der Waals surface area contributed by atoms with Gasteiger partial charge < -0.3 is 0 Å². The van der Waals surface area contributed by atoms with Crippen LogP contribution in [0.5, 0.6) is 0 Å². The topological polar surface area (TPSA) is 109 Å². The van der Waals surface area contributed by atoms with E-state index in [0.717, 1.165) is 0 Å². The van der Waals surface area contributed by atoms with Crippen molar-refractivity contribution in [2.24, 2.45) is 15.7 Å². The zero-order valence-electron chi connectivity index (χ0n) is 3.51. The van der Waals surface area contributed by atoms with Gasteiger partial charge in [0.15, 0.2) is 0 Å². The Morgan fingerprint density at radius 1 is 1.50 bits per heavy atom. The highest BCUT2D eigenvalue weighted by Crippen LogP contribution is 1.80. The standard InChI is InChI=1S/H2N4O4/c1-2-3-4-6-8-7-5/h1,5H/b2-1?,4-3+. The highest BCUT2D eigenvalue weighted by atomic mass is 17.7. The van der Waals surface area contributed by atoms with E-state index in [1.165, 1.54) is 0 Å². The lowest BCUT2D eigenvalue weighted by atomic mass is 12.6. The third-order valence-electron chi connectivity index (χ3n) is 0.175. The summed E-state index contributed by atoms with van der Waals surface area (Å²) in [4.78, 5) is 3.50. The highest BCUT2D eigenvalue weighted by Gasteiger charge is 1.76. The van der Waals surface area contributed by atoms with Crippen molar-refractivity contribution in [2.75, 3.05) is 0 Å². The van der Waals surface area contributed by atoms with Crippen LogP contribution in [-0.2, 0) is 15.1 Å². The molecule has 8 nitrogen and oxygen atoms in total. The van der Waals surface area contributed by atoms with Crippen molar-refractivity contribution in [1.29, 1.82) is 5.53 Å². The number of hydrogen-bond acceptors (Lipinski definition) is 6. The molecule has 0 unspecified atom stereocenters. The Hall–Kier alpha value is -1.12. The zero-order chi connectivity index (χ0) is 6.24. The van der Waals surface area contributed by atoms with E-state index in [4.69, 9.17) is 10.8 Å². The Morgan fingerprint density at radius 2 is 2.25 bits per heavy atom. The van der Waals surface area contributed by atoms with Gasteiger partial charge in [-0.3, -0.25) is 0 Å². The Morgan fingerprint density at radius 3 is 2.75 bits per heavy atom. The normalized spacial score (nSPS) is 9.62. The minimum atomic E-state index is 2.37. The molecule has 0 aromatic heterocycles. The Balaban J connectivity index is 2.91. The SMILES string of the molecule is N=N/N=N/OOOO. The molecule has 0 aromatic rings. The second-order valence-corrected chi connectivity index (χ2v) is 0.488. The monoisotopic (exact) mass is 122 g/mol. The third-order valence-corrected chi connectivity index (χ3v) is 0.175. The smallest absolute Gasteiger partial charge is 0.0906 e. The van der Waals surface area contributed by atoms with Crippen LogP contribution in [-0.4, -0.2) is 5.26 Å². The van der Waals surface area contributed by atoms with Crippen LogP contribution >= 0.6 is 0 Å². The van der Waals surface area contributed by atoms with Crippen LogP contribution < -0.4 is 0 Å². The molecule has 0 amide bonds. The molecule has 0 atom stereocenters. The van der Waals surface area contributed by atoms with Crippen LogP contribution in [0.25, 0.3) is 0 Å². The second kappa shape index (κ2) is 5.88. The number of hydrogen-bond donors (Lipinski definition) is 2. The van der Waals surface area contributed by atoms with Gasteiger partial charge in [-0.1, -0.05) is 0 Å². The summed E-state index contributed by atoms with van der Waals surface area (Å²) in [6.45, 7) is 0. The lowest BCUT2D eigenvalue weighted by Gasteiger charge is -1.82. The summed E-state index contributed by atoms with van der Waals surface area (Å²) < 4.78 is 0. The van der Waals surface area contributed by atoms with E-state index < -0.39 is 0 Å². The van der Waals surface area contributed by atoms with E-state index in [-0.39, 0.29) is 0 Å². The lowest BCUT2D eigenvalue weighted by molar-refractivity contribution is -0.626. The van der Waals surface area contributed by atoms with E-state index in [1.807, 2.05) is 0 Å². The Kier molecular flexibility index (Phi) is 5.06. The minimum Gasteiger partial charge on any atom is -0.218 e. The summed E-state index contributed by atoms with van der Waals surface area (Å²) >= 11 is 0. The molecule has 0 aliphatic rings. The minimum absolute atomic E-state index is 2.37. The van der Waals surface area contributed by atoms with Crippen LogP contribution in [0.3, 0.4) is 0 Å². The second-order valence-electron chi connectivity index (χ2n) is 0.488. The van der Waals surface area contributed by atoms with E-state index >= 15 is 0 Å². The van der Waals surface area contributed by atoms with Crippen LogP contribution in [0, 0.1) is 5.53 Å². The Labute approximate surface area is 42.9 Å². The van der Waals surface area contributed by atoms with Gasteiger partial charge >= 0.3 is 0 Å². The molecule has 46 valence electrons. The van der Waals surface area contributed by atoms with Gasteiger partial charge in [0, 0.05) is 10.3 Å². The van der Waals surface area contributed by atoms with Crippen molar-refractivity contribution >= 4 is 0 Å². The summed E-state index contributed by atoms with van der Waals surface area (Å²) in [5, 5.41) is 21.0. The van der Waals surface area contributed by atoms with Crippen LogP contribution in [0.4, 0.5) is 0 Å². The molecule has 0 spiro atoms. The van der Waals surface area contributed by atoms with Gasteiger partial charge in [-0.15, -0.1) is 0 Å². The molecular formula is H2N4O4. The van der Waals surface area contributed by atoms with Gasteiger partial charge in [0.2, 0.25) is 0 Å². The first-order valence-electron chi connectivity index (χ1n) is 1.32. The molecule has 0 saturated carbocycles. The molecule has 0 saturated heterocycles. The first-order chi connectivity index (χ1) is 3.91. The van der Waals surface area contributed by atoms with E-state index in [9.17, 15) is 0 Å². The fourth-order valence-electron chi connectivity index (χ4n) is 0.0604. The highest BCUT2D eigenvalue weighted by molar-refractivity contribution is 3.82. The number of nitrogens with zero attached hydrogens (tertiary/aromatic N) is 3. The molecule has 0 aliphatic heterocycles. The molecule has 0 heterocycles. The van der Waals surface area contributed by atoms with Gasteiger partial charge in [0.25, 0.3) is 0 Å².